The van der Waals surface area contributed by atoms with E-state index in [9.17, 15) is 23.2 Å². The maximum absolute atomic E-state index is 14.6. The monoisotopic (exact) mass is 518 g/mol. The first-order valence-corrected chi connectivity index (χ1v) is 12.6. The van der Waals surface area contributed by atoms with Crippen molar-refractivity contribution in [2.75, 3.05) is 44.5 Å². The Labute approximate surface area is 215 Å². The third kappa shape index (κ3) is 7.31. The zero-order valence-electron chi connectivity index (χ0n) is 21.0. The van der Waals surface area contributed by atoms with E-state index in [-0.39, 0.29) is 57.5 Å². The van der Waals surface area contributed by atoms with Gasteiger partial charge in [0, 0.05) is 36.6 Å². The first-order valence-electron chi connectivity index (χ1n) is 12.6. The minimum Gasteiger partial charge on any atom is -0.394 e. The Hall–Kier alpha value is -2.93. The van der Waals surface area contributed by atoms with Gasteiger partial charge in [-0.3, -0.25) is 4.79 Å². The smallest absolute Gasteiger partial charge is 0.394 e. The predicted molar refractivity (Wildman–Crippen MR) is 136 cm³/mol. The van der Waals surface area contributed by atoms with Crippen LogP contribution in [0, 0.1) is 11.3 Å². The average molecular weight is 519 g/mol. The number of anilines is 1. The van der Waals surface area contributed by atoms with Crippen molar-refractivity contribution in [1.82, 2.24) is 0 Å². The van der Waals surface area contributed by atoms with E-state index in [1.54, 1.807) is 24.3 Å². The molecule has 2 aromatic rings. The Morgan fingerprint density at radius 2 is 1.84 bits per heavy atom. The molecule has 200 valence electrons. The molecule has 3 rings (SSSR count). The van der Waals surface area contributed by atoms with Crippen LogP contribution in [0.25, 0.3) is 16.3 Å². The SMILES string of the molecule is CC1CCCCN1c1c(/C(=C(\C#N)C(=O)CCCOCCOCCO)C(F)(F)F)ccc2ccccc12. The number of Topliss-reactive ketones (excluding diaryl/α,β-unsaturated/α-hetero) is 1. The average Bonchev–Trinajstić information content (AvgIpc) is 2.88. The summed E-state index contributed by atoms with van der Waals surface area (Å²) in [7, 11) is 0. The lowest BCUT2D eigenvalue weighted by Crippen LogP contribution is -2.38. The molecule has 1 atom stereocenters. The number of hydrogen-bond acceptors (Lipinski definition) is 6. The van der Waals surface area contributed by atoms with Crippen LogP contribution in [0.3, 0.4) is 0 Å². The van der Waals surface area contributed by atoms with Gasteiger partial charge >= 0.3 is 6.18 Å². The number of allylic oxidation sites excluding steroid dienone is 2. The Morgan fingerprint density at radius 1 is 1.11 bits per heavy atom. The first-order chi connectivity index (χ1) is 17.8. The quantitative estimate of drug-likeness (QED) is 0.229. The van der Waals surface area contributed by atoms with Gasteiger partial charge in [-0.05, 0) is 38.0 Å². The predicted octanol–water partition coefficient (Wildman–Crippen LogP) is 5.43. The van der Waals surface area contributed by atoms with Crippen molar-refractivity contribution < 1.29 is 32.5 Å². The fraction of sp³-hybridized carbons (Fsp3) is 0.500. The summed E-state index contributed by atoms with van der Waals surface area (Å²) >= 11 is 0. The van der Waals surface area contributed by atoms with Crippen LogP contribution >= 0.6 is 0 Å². The number of carbonyl (C=O) groups excluding carboxylic acids is 1. The van der Waals surface area contributed by atoms with Crippen LogP contribution in [0.4, 0.5) is 18.9 Å². The number of alkyl halides is 3. The molecule has 0 aliphatic carbocycles. The molecule has 0 aromatic heterocycles. The highest BCUT2D eigenvalue weighted by atomic mass is 19.4. The topological polar surface area (TPSA) is 82.8 Å². The molecule has 1 fully saturated rings. The number of nitriles is 1. The van der Waals surface area contributed by atoms with Gasteiger partial charge in [-0.25, -0.2) is 0 Å². The van der Waals surface area contributed by atoms with Crippen LogP contribution in [-0.4, -0.2) is 62.7 Å². The molecule has 9 heteroatoms. The maximum atomic E-state index is 14.6. The molecule has 2 aromatic carbocycles. The molecule has 1 aliphatic rings. The number of ketones is 1. The third-order valence-corrected chi connectivity index (χ3v) is 6.48. The molecular weight excluding hydrogens is 485 g/mol. The second-order valence-electron chi connectivity index (χ2n) is 9.06. The maximum Gasteiger partial charge on any atom is 0.418 e. The third-order valence-electron chi connectivity index (χ3n) is 6.48. The van der Waals surface area contributed by atoms with Gasteiger partial charge in [0.2, 0.25) is 0 Å². The summed E-state index contributed by atoms with van der Waals surface area (Å²) in [5, 5.41) is 19.9. The zero-order valence-corrected chi connectivity index (χ0v) is 21.0. The van der Waals surface area contributed by atoms with Gasteiger partial charge in [0.25, 0.3) is 0 Å². The van der Waals surface area contributed by atoms with E-state index in [1.807, 2.05) is 24.0 Å². The highest BCUT2D eigenvalue weighted by molar-refractivity contribution is 6.10. The number of hydrogen-bond donors (Lipinski definition) is 1. The number of ether oxygens (including phenoxy) is 2. The van der Waals surface area contributed by atoms with Gasteiger partial charge < -0.3 is 19.5 Å². The molecule has 0 amide bonds. The largest absolute Gasteiger partial charge is 0.418 e. The van der Waals surface area contributed by atoms with Gasteiger partial charge in [0.1, 0.15) is 11.6 Å². The van der Waals surface area contributed by atoms with E-state index in [4.69, 9.17) is 14.6 Å². The van der Waals surface area contributed by atoms with Crippen molar-refractivity contribution in [2.24, 2.45) is 0 Å². The molecule has 1 N–H and O–H groups in total. The van der Waals surface area contributed by atoms with E-state index >= 15 is 0 Å². The Kier molecular flexibility index (Phi) is 10.5. The fourth-order valence-electron chi connectivity index (χ4n) is 4.73. The number of nitrogens with zero attached hydrogens (tertiary/aromatic N) is 2. The molecule has 0 spiro atoms. The summed E-state index contributed by atoms with van der Waals surface area (Å²) in [6, 6.07) is 11.9. The van der Waals surface area contributed by atoms with Crippen molar-refractivity contribution in [3.8, 4) is 6.07 Å². The number of aliphatic hydroxyl groups is 1. The van der Waals surface area contributed by atoms with Gasteiger partial charge in [-0.15, -0.1) is 0 Å². The van der Waals surface area contributed by atoms with Crippen LogP contribution in [0.15, 0.2) is 42.0 Å². The normalized spacial score (nSPS) is 17.0. The van der Waals surface area contributed by atoms with Crippen molar-refractivity contribution >= 4 is 27.8 Å². The van der Waals surface area contributed by atoms with Crippen LogP contribution in [0.1, 0.15) is 44.6 Å². The molecule has 0 bridgehead atoms. The summed E-state index contributed by atoms with van der Waals surface area (Å²) in [4.78, 5) is 14.9. The summed E-state index contributed by atoms with van der Waals surface area (Å²) in [5.41, 5.74) is -1.77. The minimum atomic E-state index is -4.91. The van der Waals surface area contributed by atoms with Gasteiger partial charge in [-0.2, -0.15) is 18.4 Å². The highest BCUT2D eigenvalue weighted by Gasteiger charge is 2.41. The number of carbonyl (C=O) groups is 1. The van der Waals surface area contributed by atoms with Crippen molar-refractivity contribution in [2.45, 2.75) is 51.2 Å². The Balaban J connectivity index is 1.97. The van der Waals surface area contributed by atoms with Crippen molar-refractivity contribution in [3.05, 3.63) is 47.5 Å². The molecule has 37 heavy (non-hydrogen) atoms. The summed E-state index contributed by atoms with van der Waals surface area (Å²) < 4.78 is 54.2. The van der Waals surface area contributed by atoms with Gasteiger partial charge in [0.05, 0.1) is 37.7 Å². The number of piperidine rings is 1. The van der Waals surface area contributed by atoms with Crippen LogP contribution < -0.4 is 4.90 Å². The van der Waals surface area contributed by atoms with E-state index in [1.165, 1.54) is 6.07 Å². The van der Waals surface area contributed by atoms with Crippen LogP contribution in [0.5, 0.6) is 0 Å². The second kappa shape index (κ2) is 13.6. The van der Waals surface area contributed by atoms with E-state index in [2.05, 4.69) is 0 Å². The molecule has 1 heterocycles. The molecule has 0 saturated carbocycles. The molecule has 0 radical (unpaired) electrons. The van der Waals surface area contributed by atoms with Crippen molar-refractivity contribution in [3.63, 3.8) is 0 Å². The second-order valence-corrected chi connectivity index (χ2v) is 9.06. The standard InChI is InChI=1S/C28H33F3N2O4/c1-20-7-4-5-13-33(20)27-22-9-3-2-8-21(22)11-12-23(27)26(28(29,30)31)24(19-32)25(35)10-6-15-36-17-18-37-16-14-34/h2-3,8-9,11-12,20,34H,4-7,10,13-18H2,1H3/b26-24-. The number of halogens is 3. The lowest BCUT2D eigenvalue weighted by Gasteiger charge is -2.38. The van der Waals surface area contributed by atoms with Gasteiger partial charge in [0.15, 0.2) is 5.78 Å². The molecule has 1 aliphatic heterocycles. The van der Waals surface area contributed by atoms with Crippen molar-refractivity contribution in [1.29, 1.82) is 5.26 Å². The Bertz CT molecular complexity index is 1140. The number of benzene rings is 2. The molecule has 1 unspecified atom stereocenters. The number of rotatable bonds is 12. The van der Waals surface area contributed by atoms with E-state index in [0.29, 0.717) is 17.6 Å². The highest BCUT2D eigenvalue weighted by Crippen LogP contribution is 2.45. The molecule has 6 nitrogen and oxygen atoms in total. The Morgan fingerprint density at radius 3 is 2.51 bits per heavy atom. The lowest BCUT2D eigenvalue weighted by atomic mass is 9.90. The van der Waals surface area contributed by atoms with E-state index in [0.717, 1.165) is 24.6 Å². The summed E-state index contributed by atoms with van der Waals surface area (Å²) in [5.74, 6) is -0.860. The molecule has 1 saturated heterocycles. The summed E-state index contributed by atoms with van der Waals surface area (Å²) in [6.07, 6.45) is -2.28. The minimum absolute atomic E-state index is 0.0209. The fourth-order valence-corrected chi connectivity index (χ4v) is 4.73. The summed E-state index contributed by atoms with van der Waals surface area (Å²) in [6.45, 7) is 3.31. The lowest BCUT2D eigenvalue weighted by molar-refractivity contribution is -0.116. The van der Waals surface area contributed by atoms with Crippen LogP contribution in [-0.2, 0) is 14.3 Å². The van der Waals surface area contributed by atoms with Gasteiger partial charge in [-0.1, -0.05) is 36.4 Å². The number of aliphatic hydroxyl groups excluding tert-OH is 1. The molecular formula is C28H33F3N2O4. The first kappa shape index (κ1) is 28.6. The van der Waals surface area contributed by atoms with E-state index < -0.39 is 23.1 Å². The zero-order chi connectivity index (χ0) is 26.8. The van der Waals surface area contributed by atoms with Crippen LogP contribution in [0.2, 0.25) is 0 Å². The number of fused-ring (bicyclic) bond motifs is 1.